The van der Waals surface area contributed by atoms with Gasteiger partial charge in [-0.25, -0.2) is 4.79 Å². The van der Waals surface area contributed by atoms with E-state index in [-0.39, 0.29) is 5.63 Å². The highest BCUT2D eigenvalue weighted by Gasteiger charge is 2.22. The van der Waals surface area contributed by atoms with Crippen LogP contribution in [0.4, 0.5) is 5.69 Å². The second-order valence-electron chi connectivity index (χ2n) is 6.57. The van der Waals surface area contributed by atoms with Crippen molar-refractivity contribution in [2.24, 2.45) is 0 Å². The molecule has 1 aliphatic heterocycles. The minimum atomic E-state index is -0.295. The van der Waals surface area contributed by atoms with E-state index in [9.17, 15) is 4.79 Å². The Labute approximate surface area is 146 Å². The normalized spacial score (nSPS) is 13.6. The molecule has 0 saturated heterocycles. The smallest absolute Gasteiger partial charge is 0.336 e. The molecule has 0 unspecified atom stereocenters. The quantitative estimate of drug-likeness (QED) is 0.665. The van der Waals surface area contributed by atoms with Crippen LogP contribution in [0.2, 0.25) is 0 Å². The molecule has 128 valence electrons. The molecule has 2 heterocycles. The summed E-state index contributed by atoms with van der Waals surface area (Å²) >= 11 is 0. The zero-order valence-corrected chi connectivity index (χ0v) is 14.5. The second-order valence-corrected chi connectivity index (χ2v) is 6.57. The van der Waals surface area contributed by atoms with E-state index in [0.29, 0.717) is 18.9 Å². The molecule has 4 nitrogen and oxygen atoms in total. The van der Waals surface area contributed by atoms with Crippen LogP contribution in [-0.2, 0) is 13.0 Å². The van der Waals surface area contributed by atoms with Crippen LogP contribution < -0.4 is 15.3 Å². The van der Waals surface area contributed by atoms with E-state index < -0.39 is 0 Å². The molecule has 0 atom stereocenters. The number of aryl methyl sites for hydroxylation is 2. The Morgan fingerprint density at radius 2 is 1.92 bits per heavy atom. The van der Waals surface area contributed by atoms with Crippen molar-refractivity contribution in [1.29, 1.82) is 0 Å². The fourth-order valence-electron chi connectivity index (χ4n) is 3.40. The first-order valence-electron chi connectivity index (χ1n) is 8.68. The van der Waals surface area contributed by atoms with Gasteiger partial charge in [-0.15, -0.1) is 0 Å². The minimum Gasteiger partial charge on any atom is -0.473 e. The summed E-state index contributed by atoms with van der Waals surface area (Å²) in [5, 5.41) is 1.01. The summed E-state index contributed by atoms with van der Waals surface area (Å²) in [5.41, 5.74) is 4.67. The maximum absolute atomic E-state index is 12.0. The van der Waals surface area contributed by atoms with E-state index in [1.807, 2.05) is 12.1 Å². The summed E-state index contributed by atoms with van der Waals surface area (Å²) in [6.07, 6.45) is 1.85. The van der Waals surface area contributed by atoms with Gasteiger partial charge in [0.15, 0.2) is 6.73 Å². The lowest BCUT2D eigenvalue weighted by Crippen LogP contribution is -2.32. The fourth-order valence-corrected chi connectivity index (χ4v) is 3.40. The molecule has 0 amide bonds. The van der Waals surface area contributed by atoms with Crippen LogP contribution in [-0.4, -0.2) is 6.73 Å². The van der Waals surface area contributed by atoms with Crippen molar-refractivity contribution >= 4 is 16.7 Å². The molecule has 25 heavy (non-hydrogen) atoms. The Morgan fingerprint density at radius 3 is 2.68 bits per heavy atom. The summed E-state index contributed by atoms with van der Waals surface area (Å²) in [5.74, 6) is 0.799. The Hall–Kier alpha value is -2.75. The lowest BCUT2D eigenvalue weighted by Gasteiger charge is -2.31. The van der Waals surface area contributed by atoms with Gasteiger partial charge in [-0.2, -0.15) is 0 Å². The molecular weight excluding hydrogens is 314 g/mol. The van der Waals surface area contributed by atoms with Crippen molar-refractivity contribution in [2.45, 2.75) is 33.2 Å². The molecule has 1 aromatic heterocycles. The molecule has 0 fully saturated rings. The molecule has 0 bridgehead atoms. The summed E-state index contributed by atoms with van der Waals surface area (Å²) in [7, 11) is 0. The van der Waals surface area contributed by atoms with E-state index in [1.54, 1.807) is 6.07 Å². The SMILES string of the molecule is CCCc1cc(=O)oc2c3c(ccc12)OCN(c1ccc(C)cc1)C3. The number of fused-ring (bicyclic) bond motifs is 3. The van der Waals surface area contributed by atoms with E-state index >= 15 is 0 Å². The van der Waals surface area contributed by atoms with Gasteiger partial charge in [0.2, 0.25) is 0 Å². The topological polar surface area (TPSA) is 42.7 Å². The molecule has 4 rings (SSSR count). The van der Waals surface area contributed by atoms with Crippen molar-refractivity contribution in [3.63, 3.8) is 0 Å². The predicted octanol–water partition coefficient (Wildman–Crippen LogP) is 4.41. The highest BCUT2D eigenvalue weighted by Crippen LogP contribution is 2.34. The Bertz CT molecular complexity index is 973. The molecular formula is C21H21NO3. The maximum Gasteiger partial charge on any atom is 0.336 e. The van der Waals surface area contributed by atoms with Crippen molar-refractivity contribution in [3.05, 3.63) is 69.6 Å². The van der Waals surface area contributed by atoms with Crippen LogP contribution in [0.3, 0.4) is 0 Å². The van der Waals surface area contributed by atoms with Gasteiger partial charge < -0.3 is 14.1 Å². The van der Waals surface area contributed by atoms with E-state index in [0.717, 1.165) is 40.8 Å². The standard InChI is InChI=1S/C21H21NO3/c1-3-4-15-11-20(23)25-21-17(15)9-10-19-18(21)12-22(13-24-19)16-7-5-14(2)6-8-16/h5-11H,3-4,12-13H2,1-2H3. The highest BCUT2D eigenvalue weighted by molar-refractivity contribution is 5.85. The largest absolute Gasteiger partial charge is 0.473 e. The number of rotatable bonds is 3. The third-order valence-electron chi connectivity index (χ3n) is 4.70. The van der Waals surface area contributed by atoms with Gasteiger partial charge in [0.25, 0.3) is 0 Å². The van der Waals surface area contributed by atoms with E-state index in [2.05, 4.69) is 43.0 Å². The maximum atomic E-state index is 12.0. The molecule has 0 aliphatic carbocycles. The Balaban J connectivity index is 1.81. The third kappa shape index (κ3) is 2.88. The first-order chi connectivity index (χ1) is 12.2. The Morgan fingerprint density at radius 1 is 1.12 bits per heavy atom. The first kappa shape index (κ1) is 15.8. The van der Waals surface area contributed by atoms with Crippen LogP contribution in [0, 0.1) is 6.92 Å². The summed E-state index contributed by atoms with van der Waals surface area (Å²) in [6.45, 7) is 5.33. The van der Waals surface area contributed by atoms with Gasteiger partial charge >= 0.3 is 5.63 Å². The van der Waals surface area contributed by atoms with E-state index in [4.69, 9.17) is 9.15 Å². The van der Waals surface area contributed by atoms with Crippen LogP contribution in [0.1, 0.15) is 30.0 Å². The average Bonchev–Trinajstić information content (AvgIpc) is 2.62. The van der Waals surface area contributed by atoms with E-state index in [1.165, 1.54) is 5.56 Å². The average molecular weight is 335 g/mol. The molecule has 4 heteroatoms. The summed E-state index contributed by atoms with van der Waals surface area (Å²) in [4.78, 5) is 14.2. The van der Waals surface area contributed by atoms with Crippen molar-refractivity contribution in [1.82, 2.24) is 0 Å². The number of nitrogens with zero attached hydrogens (tertiary/aromatic N) is 1. The van der Waals surface area contributed by atoms with Gasteiger partial charge in [0, 0.05) is 17.1 Å². The van der Waals surface area contributed by atoms with Gasteiger partial charge in [0.1, 0.15) is 11.3 Å². The zero-order valence-electron chi connectivity index (χ0n) is 14.5. The molecule has 1 aliphatic rings. The monoisotopic (exact) mass is 335 g/mol. The predicted molar refractivity (Wildman–Crippen MR) is 99.3 cm³/mol. The van der Waals surface area contributed by atoms with Crippen LogP contribution in [0.15, 0.2) is 51.7 Å². The van der Waals surface area contributed by atoms with Crippen LogP contribution in [0.5, 0.6) is 5.75 Å². The fraction of sp³-hybridized carbons (Fsp3) is 0.286. The molecule has 0 spiro atoms. The van der Waals surface area contributed by atoms with Crippen molar-refractivity contribution in [3.8, 4) is 5.75 Å². The van der Waals surface area contributed by atoms with Gasteiger partial charge in [-0.1, -0.05) is 31.0 Å². The number of anilines is 1. The number of hydrogen-bond acceptors (Lipinski definition) is 4. The minimum absolute atomic E-state index is 0.295. The molecule has 0 saturated carbocycles. The number of ether oxygens (including phenoxy) is 1. The second kappa shape index (κ2) is 6.28. The molecule has 0 N–H and O–H groups in total. The lowest BCUT2D eigenvalue weighted by molar-refractivity contribution is 0.289. The van der Waals surface area contributed by atoms with Crippen LogP contribution in [0.25, 0.3) is 11.0 Å². The molecule has 0 radical (unpaired) electrons. The summed E-state index contributed by atoms with van der Waals surface area (Å²) < 4.78 is 11.5. The molecule has 3 aromatic rings. The van der Waals surface area contributed by atoms with Crippen molar-refractivity contribution in [2.75, 3.05) is 11.6 Å². The van der Waals surface area contributed by atoms with Gasteiger partial charge in [-0.3, -0.25) is 0 Å². The van der Waals surface area contributed by atoms with Gasteiger partial charge in [-0.05, 0) is 43.2 Å². The van der Waals surface area contributed by atoms with Crippen molar-refractivity contribution < 1.29 is 9.15 Å². The number of benzene rings is 2. The summed E-state index contributed by atoms with van der Waals surface area (Å²) in [6, 6.07) is 14.0. The van der Waals surface area contributed by atoms with Crippen LogP contribution >= 0.6 is 0 Å². The Kier molecular flexibility index (Phi) is 3.96. The first-order valence-corrected chi connectivity index (χ1v) is 8.68. The van der Waals surface area contributed by atoms with Gasteiger partial charge in [0.05, 0.1) is 12.1 Å². The zero-order chi connectivity index (χ0) is 17.4. The lowest BCUT2D eigenvalue weighted by atomic mass is 10.0. The third-order valence-corrected chi connectivity index (χ3v) is 4.70. The number of hydrogen-bond donors (Lipinski definition) is 0. The molecule has 2 aromatic carbocycles. The highest BCUT2D eigenvalue weighted by atomic mass is 16.5.